The summed E-state index contributed by atoms with van der Waals surface area (Å²) in [5.74, 6) is 0.332. The highest BCUT2D eigenvalue weighted by Crippen LogP contribution is 2.27. The van der Waals surface area contributed by atoms with Crippen LogP contribution in [0.2, 0.25) is 0 Å². The maximum absolute atomic E-state index is 12.5. The lowest BCUT2D eigenvalue weighted by Gasteiger charge is -2.19. The Morgan fingerprint density at radius 2 is 2.22 bits per heavy atom. The Labute approximate surface area is 114 Å². The van der Waals surface area contributed by atoms with Crippen LogP contribution in [0, 0.1) is 0 Å². The van der Waals surface area contributed by atoms with E-state index in [4.69, 9.17) is 11.6 Å². The third kappa shape index (κ3) is 2.31. The van der Waals surface area contributed by atoms with E-state index in [1.54, 1.807) is 16.6 Å². The van der Waals surface area contributed by atoms with Crippen LogP contribution in [0.25, 0.3) is 0 Å². The Hall–Kier alpha value is -0.520. The molecule has 1 aromatic heterocycles. The van der Waals surface area contributed by atoms with Gasteiger partial charge in [0.2, 0.25) is 10.0 Å². The Bertz CT molecular complexity index is 503. The van der Waals surface area contributed by atoms with E-state index >= 15 is 0 Å². The van der Waals surface area contributed by atoms with Gasteiger partial charge in [0, 0.05) is 31.0 Å². The Morgan fingerprint density at radius 1 is 1.50 bits per heavy atom. The summed E-state index contributed by atoms with van der Waals surface area (Å²) < 4.78 is 28.5. The van der Waals surface area contributed by atoms with E-state index in [1.807, 2.05) is 18.4 Å². The van der Waals surface area contributed by atoms with Crippen LogP contribution in [0.4, 0.5) is 0 Å². The number of halogens is 1. The zero-order valence-corrected chi connectivity index (χ0v) is 12.3. The molecular formula is C12H19ClN2O2S. The van der Waals surface area contributed by atoms with Gasteiger partial charge in [-0.25, -0.2) is 8.42 Å². The van der Waals surface area contributed by atoms with Gasteiger partial charge in [0.15, 0.2) is 0 Å². The molecule has 0 N–H and O–H groups in total. The minimum atomic E-state index is -3.36. The second kappa shape index (κ2) is 5.23. The number of aromatic nitrogens is 1. The highest BCUT2D eigenvalue weighted by molar-refractivity contribution is 7.89. The SMILES string of the molecule is CCn1cc(S(=O)(=O)N2CCCC2C)cc1CCl. The summed E-state index contributed by atoms with van der Waals surface area (Å²) in [6.07, 6.45) is 3.57. The fourth-order valence-electron chi connectivity index (χ4n) is 2.47. The van der Waals surface area contributed by atoms with E-state index in [0.29, 0.717) is 17.3 Å². The molecule has 18 heavy (non-hydrogen) atoms. The largest absolute Gasteiger partial charge is 0.349 e. The molecule has 1 unspecified atom stereocenters. The number of nitrogens with zero attached hydrogens (tertiary/aromatic N) is 2. The lowest BCUT2D eigenvalue weighted by molar-refractivity contribution is 0.408. The van der Waals surface area contributed by atoms with Crippen LogP contribution in [0.5, 0.6) is 0 Å². The predicted molar refractivity (Wildman–Crippen MR) is 72.3 cm³/mol. The number of hydrogen-bond acceptors (Lipinski definition) is 2. The molecule has 0 spiro atoms. The molecule has 0 radical (unpaired) electrons. The molecule has 6 heteroatoms. The summed E-state index contributed by atoms with van der Waals surface area (Å²) in [6, 6.07) is 1.79. The third-order valence-electron chi connectivity index (χ3n) is 3.54. The first-order valence-corrected chi connectivity index (χ1v) is 8.25. The van der Waals surface area contributed by atoms with Crippen molar-refractivity contribution in [3.8, 4) is 0 Å². The number of sulfonamides is 1. The van der Waals surface area contributed by atoms with E-state index in [0.717, 1.165) is 25.1 Å². The summed E-state index contributed by atoms with van der Waals surface area (Å²) in [5.41, 5.74) is 0.851. The van der Waals surface area contributed by atoms with Crippen LogP contribution in [0.3, 0.4) is 0 Å². The number of rotatable bonds is 4. The molecule has 0 aromatic carbocycles. The molecule has 1 saturated heterocycles. The lowest BCUT2D eigenvalue weighted by Crippen LogP contribution is -2.33. The minimum Gasteiger partial charge on any atom is -0.349 e. The van der Waals surface area contributed by atoms with Crippen molar-refractivity contribution < 1.29 is 8.42 Å². The van der Waals surface area contributed by atoms with Gasteiger partial charge in [-0.3, -0.25) is 0 Å². The van der Waals surface area contributed by atoms with Gasteiger partial charge in [0.1, 0.15) is 4.90 Å². The van der Waals surface area contributed by atoms with Crippen LogP contribution < -0.4 is 0 Å². The first-order valence-electron chi connectivity index (χ1n) is 6.27. The average molecular weight is 291 g/mol. The lowest BCUT2D eigenvalue weighted by atomic mass is 10.3. The van der Waals surface area contributed by atoms with E-state index in [-0.39, 0.29) is 6.04 Å². The summed E-state index contributed by atoms with van der Waals surface area (Å²) in [7, 11) is -3.36. The Morgan fingerprint density at radius 3 is 2.67 bits per heavy atom. The van der Waals surface area contributed by atoms with E-state index in [9.17, 15) is 8.42 Å². The van der Waals surface area contributed by atoms with Crippen LogP contribution in [-0.4, -0.2) is 29.9 Å². The zero-order valence-electron chi connectivity index (χ0n) is 10.8. The van der Waals surface area contributed by atoms with Gasteiger partial charge in [0.05, 0.1) is 5.88 Å². The van der Waals surface area contributed by atoms with Gasteiger partial charge in [-0.2, -0.15) is 4.31 Å². The summed E-state index contributed by atoms with van der Waals surface area (Å²) in [4.78, 5) is 0.369. The van der Waals surface area contributed by atoms with Crippen molar-refractivity contribution in [3.05, 3.63) is 18.0 Å². The van der Waals surface area contributed by atoms with Gasteiger partial charge in [0.25, 0.3) is 0 Å². The molecule has 1 aliphatic rings. The highest BCUT2D eigenvalue weighted by Gasteiger charge is 2.33. The molecule has 4 nitrogen and oxygen atoms in total. The van der Waals surface area contributed by atoms with Crippen molar-refractivity contribution in [1.82, 2.24) is 8.87 Å². The molecule has 0 aliphatic carbocycles. The van der Waals surface area contributed by atoms with Crippen molar-refractivity contribution in [2.45, 2.75) is 50.1 Å². The second-order valence-corrected chi connectivity index (χ2v) is 6.85. The molecule has 0 amide bonds. The van der Waals surface area contributed by atoms with Crippen LogP contribution in [0.1, 0.15) is 32.4 Å². The number of alkyl halides is 1. The molecular weight excluding hydrogens is 272 g/mol. The van der Waals surface area contributed by atoms with Crippen LogP contribution >= 0.6 is 11.6 Å². The summed E-state index contributed by atoms with van der Waals surface area (Å²) in [6.45, 7) is 5.29. The van der Waals surface area contributed by atoms with Gasteiger partial charge >= 0.3 is 0 Å². The number of hydrogen-bond donors (Lipinski definition) is 0. The maximum Gasteiger partial charge on any atom is 0.244 e. The molecule has 1 fully saturated rings. The first kappa shape index (κ1) is 13.9. The highest BCUT2D eigenvalue weighted by atomic mass is 35.5. The molecule has 1 atom stereocenters. The minimum absolute atomic E-state index is 0.0967. The first-order chi connectivity index (χ1) is 8.50. The predicted octanol–water partition coefficient (Wildman–Crippen LogP) is 2.42. The van der Waals surface area contributed by atoms with Gasteiger partial charge in [-0.15, -0.1) is 11.6 Å². The molecule has 1 aliphatic heterocycles. The second-order valence-electron chi connectivity index (χ2n) is 4.69. The quantitative estimate of drug-likeness (QED) is 0.799. The van der Waals surface area contributed by atoms with Gasteiger partial charge < -0.3 is 4.57 Å². The van der Waals surface area contributed by atoms with Crippen molar-refractivity contribution in [1.29, 1.82) is 0 Å². The summed E-state index contributed by atoms with van der Waals surface area (Å²) >= 11 is 5.83. The summed E-state index contributed by atoms with van der Waals surface area (Å²) in [5, 5.41) is 0. The maximum atomic E-state index is 12.5. The molecule has 1 aromatic rings. The number of aryl methyl sites for hydroxylation is 1. The van der Waals surface area contributed by atoms with Crippen LogP contribution in [-0.2, 0) is 22.4 Å². The Kier molecular flexibility index (Phi) is 4.04. The molecule has 2 rings (SSSR count). The van der Waals surface area contributed by atoms with Crippen molar-refractivity contribution >= 4 is 21.6 Å². The van der Waals surface area contributed by atoms with Gasteiger partial charge in [-0.05, 0) is 32.8 Å². The molecule has 0 saturated carbocycles. The van der Waals surface area contributed by atoms with E-state index in [1.165, 1.54) is 0 Å². The molecule has 102 valence electrons. The Balaban J connectivity index is 2.38. The molecule has 0 bridgehead atoms. The van der Waals surface area contributed by atoms with Crippen molar-refractivity contribution in [3.63, 3.8) is 0 Å². The average Bonchev–Trinajstić information content (AvgIpc) is 2.94. The monoisotopic (exact) mass is 290 g/mol. The van der Waals surface area contributed by atoms with Crippen molar-refractivity contribution in [2.24, 2.45) is 0 Å². The van der Waals surface area contributed by atoms with Gasteiger partial charge in [-0.1, -0.05) is 0 Å². The van der Waals surface area contributed by atoms with E-state index in [2.05, 4.69) is 0 Å². The fourth-order valence-corrected chi connectivity index (χ4v) is 4.47. The smallest absolute Gasteiger partial charge is 0.244 e. The molecule has 2 heterocycles. The fraction of sp³-hybridized carbons (Fsp3) is 0.667. The topological polar surface area (TPSA) is 42.3 Å². The normalized spacial score (nSPS) is 21.6. The standard InChI is InChI=1S/C12H19ClN2O2S/c1-3-14-9-12(7-11(14)8-13)18(16,17)15-6-4-5-10(15)2/h7,9-10H,3-6,8H2,1-2H3. The third-order valence-corrected chi connectivity index (χ3v) is 5.79. The zero-order chi connectivity index (χ0) is 13.3. The van der Waals surface area contributed by atoms with E-state index < -0.39 is 10.0 Å². The van der Waals surface area contributed by atoms with Crippen LogP contribution in [0.15, 0.2) is 17.2 Å². The van der Waals surface area contributed by atoms with Crippen molar-refractivity contribution in [2.75, 3.05) is 6.54 Å².